The fraction of sp³-hybridized carbons (Fsp3) is 0.182. The number of carbonyl (C=O) groups excluding carboxylic acids is 2. The van der Waals surface area contributed by atoms with Crippen LogP contribution in [0.5, 0.6) is 5.75 Å². The predicted molar refractivity (Wildman–Crippen MR) is 109 cm³/mol. The van der Waals surface area contributed by atoms with Crippen molar-refractivity contribution in [1.82, 2.24) is 0 Å². The minimum Gasteiger partial charge on any atom is -0.490 e. The highest BCUT2D eigenvalue weighted by molar-refractivity contribution is 9.10. The highest BCUT2D eigenvalue weighted by Gasteiger charge is 2.42. The second kappa shape index (κ2) is 7.64. The zero-order valence-corrected chi connectivity index (χ0v) is 16.6. The summed E-state index contributed by atoms with van der Waals surface area (Å²) in [7, 11) is 0. The van der Waals surface area contributed by atoms with E-state index in [0.717, 1.165) is 15.7 Å². The van der Waals surface area contributed by atoms with Crippen LogP contribution in [0.15, 0.2) is 76.9 Å². The molecule has 6 heteroatoms. The van der Waals surface area contributed by atoms with Gasteiger partial charge in [-0.25, -0.2) is 4.79 Å². The lowest BCUT2D eigenvalue weighted by Crippen LogP contribution is -2.37. The van der Waals surface area contributed by atoms with Gasteiger partial charge in [0, 0.05) is 22.5 Å². The topological polar surface area (TPSA) is 55.8 Å². The van der Waals surface area contributed by atoms with Crippen molar-refractivity contribution in [1.29, 1.82) is 0 Å². The molecule has 28 heavy (non-hydrogen) atoms. The van der Waals surface area contributed by atoms with Gasteiger partial charge in [0.15, 0.2) is 0 Å². The number of hydrogen-bond donors (Lipinski definition) is 0. The molecule has 0 saturated heterocycles. The molecule has 4 rings (SSSR count). The van der Waals surface area contributed by atoms with E-state index in [4.69, 9.17) is 9.47 Å². The molecule has 0 N–H and O–H groups in total. The van der Waals surface area contributed by atoms with Crippen LogP contribution in [0, 0.1) is 0 Å². The standard InChI is InChI=1S/C22H18BrNO4/c1-2-10-27-17-8-6-14(7-9-17)18-12-20(25)24(16-5-3-4-15(23)11-16)19-13-28-22(26)21(18)19/h2-9,11,18H,1,10,12-13H2. The van der Waals surface area contributed by atoms with Gasteiger partial charge in [0.25, 0.3) is 0 Å². The fourth-order valence-electron chi connectivity index (χ4n) is 3.61. The van der Waals surface area contributed by atoms with Gasteiger partial charge in [-0.05, 0) is 35.9 Å². The molecule has 2 aromatic carbocycles. The zero-order valence-electron chi connectivity index (χ0n) is 15.1. The molecule has 2 aliphatic rings. The summed E-state index contributed by atoms with van der Waals surface area (Å²) >= 11 is 3.44. The molecular formula is C22H18BrNO4. The summed E-state index contributed by atoms with van der Waals surface area (Å²) in [4.78, 5) is 27.1. The van der Waals surface area contributed by atoms with Gasteiger partial charge in [-0.2, -0.15) is 0 Å². The molecule has 5 nitrogen and oxygen atoms in total. The summed E-state index contributed by atoms with van der Waals surface area (Å²) in [6.07, 6.45) is 1.88. The molecule has 2 heterocycles. The summed E-state index contributed by atoms with van der Waals surface area (Å²) in [5.74, 6) is -0.0364. The Hall–Kier alpha value is -2.86. The summed E-state index contributed by atoms with van der Waals surface area (Å²) in [6.45, 7) is 4.15. The number of ether oxygens (including phenoxy) is 2. The van der Waals surface area contributed by atoms with E-state index in [1.54, 1.807) is 11.0 Å². The Morgan fingerprint density at radius 3 is 2.71 bits per heavy atom. The minimum absolute atomic E-state index is 0.0628. The van der Waals surface area contributed by atoms with Crippen LogP contribution in [0.2, 0.25) is 0 Å². The minimum atomic E-state index is -0.362. The van der Waals surface area contributed by atoms with Gasteiger partial charge in [-0.3, -0.25) is 9.69 Å². The molecule has 1 atom stereocenters. The smallest absolute Gasteiger partial charge is 0.336 e. The Kier molecular flexibility index (Phi) is 5.05. The molecule has 1 amide bonds. The number of cyclic esters (lactones) is 1. The van der Waals surface area contributed by atoms with Gasteiger partial charge in [-0.15, -0.1) is 0 Å². The van der Waals surface area contributed by atoms with Crippen LogP contribution in [-0.2, 0) is 14.3 Å². The second-order valence-electron chi connectivity index (χ2n) is 6.57. The first kappa shape index (κ1) is 18.5. The van der Waals surface area contributed by atoms with Crippen molar-refractivity contribution in [3.63, 3.8) is 0 Å². The maximum atomic E-state index is 13.0. The van der Waals surface area contributed by atoms with E-state index in [-0.39, 0.29) is 30.8 Å². The van der Waals surface area contributed by atoms with Crippen LogP contribution < -0.4 is 9.64 Å². The zero-order chi connectivity index (χ0) is 19.7. The van der Waals surface area contributed by atoms with Crippen molar-refractivity contribution in [3.8, 4) is 5.75 Å². The number of halogens is 1. The lowest BCUT2D eigenvalue weighted by atomic mass is 9.84. The van der Waals surface area contributed by atoms with E-state index in [1.165, 1.54) is 0 Å². The number of amides is 1. The number of hydrogen-bond acceptors (Lipinski definition) is 4. The number of nitrogens with zero attached hydrogens (tertiary/aromatic N) is 1. The second-order valence-corrected chi connectivity index (χ2v) is 7.49. The van der Waals surface area contributed by atoms with Crippen LogP contribution in [0.25, 0.3) is 0 Å². The average Bonchev–Trinajstić information content (AvgIpc) is 3.07. The van der Waals surface area contributed by atoms with E-state index in [1.807, 2.05) is 48.5 Å². The van der Waals surface area contributed by atoms with Gasteiger partial charge in [0.2, 0.25) is 5.91 Å². The largest absolute Gasteiger partial charge is 0.490 e. The first-order chi connectivity index (χ1) is 13.6. The Bertz CT molecular complexity index is 980. The van der Waals surface area contributed by atoms with Gasteiger partial charge in [-0.1, -0.05) is 46.8 Å². The molecule has 1 unspecified atom stereocenters. The van der Waals surface area contributed by atoms with Crippen LogP contribution in [-0.4, -0.2) is 25.1 Å². The molecule has 2 aromatic rings. The first-order valence-electron chi connectivity index (χ1n) is 8.91. The van der Waals surface area contributed by atoms with Crippen molar-refractivity contribution >= 4 is 33.5 Å². The van der Waals surface area contributed by atoms with E-state index in [2.05, 4.69) is 22.5 Å². The maximum absolute atomic E-state index is 13.0. The number of benzene rings is 2. The summed E-state index contributed by atoms with van der Waals surface area (Å²) in [5, 5.41) is 0. The average molecular weight is 440 g/mol. The van der Waals surface area contributed by atoms with Crippen molar-refractivity contribution < 1.29 is 19.1 Å². The van der Waals surface area contributed by atoms with E-state index < -0.39 is 0 Å². The Morgan fingerprint density at radius 2 is 2.00 bits per heavy atom. The van der Waals surface area contributed by atoms with Crippen LogP contribution in [0.4, 0.5) is 5.69 Å². The molecule has 0 aromatic heterocycles. The number of anilines is 1. The monoisotopic (exact) mass is 439 g/mol. The molecule has 0 spiro atoms. The summed E-state index contributed by atoms with van der Waals surface area (Å²) in [5.41, 5.74) is 2.78. The van der Waals surface area contributed by atoms with Crippen LogP contribution >= 0.6 is 15.9 Å². The SMILES string of the molecule is C=CCOc1ccc(C2CC(=O)N(c3cccc(Br)c3)C3=C2C(=O)OC3)cc1. The van der Waals surface area contributed by atoms with Crippen molar-refractivity contribution in [2.75, 3.05) is 18.1 Å². The molecular weight excluding hydrogens is 422 g/mol. The van der Waals surface area contributed by atoms with Crippen molar-refractivity contribution in [2.24, 2.45) is 0 Å². The highest BCUT2D eigenvalue weighted by Crippen LogP contribution is 2.42. The van der Waals surface area contributed by atoms with Gasteiger partial charge < -0.3 is 9.47 Å². The number of carbonyl (C=O) groups is 2. The Labute approximate surface area is 171 Å². The summed E-state index contributed by atoms with van der Waals surface area (Å²) in [6, 6.07) is 14.9. The predicted octanol–water partition coefficient (Wildman–Crippen LogP) is 4.35. The molecule has 0 radical (unpaired) electrons. The third kappa shape index (κ3) is 3.36. The summed E-state index contributed by atoms with van der Waals surface area (Å²) < 4.78 is 11.7. The third-order valence-electron chi connectivity index (χ3n) is 4.83. The highest BCUT2D eigenvalue weighted by atomic mass is 79.9. The number of esters is 1. The van der Waals surface area contributed by atoms with Gasteiger partial charge in [0.1, 0.15) is 19.0 Å². The number of rotatable bonds is 5. The molecule has 0 bridgehead atoms. The molecule has 2 aliphatic heterocycles. The first-order valence-corrected chi connectivity index (χ1v) is 9.70. The Morgan fingerprint density at radius 1 is 1.21 bits per heavy atom. The lowest BCUT2D eigenvalue weighted by Gasteiger charge is -2.32. The van der Waals surface area contributed by atoms with Gasteiger partial charge in [0.05, 0.1) is 11.3 Å². The molecule has 142 valence electrons. The van der Waals surface area contributed by atoms with Crippen molar-refractivity contribution in [2.45, 2.75) is 12.3 Å². The van der Waals surface area contributed by atoms with Crippen LogP contribution in [0.3, 0.4) is 0 Å². The van der Waals surface area contributed by atoms with E-state index in [9.17, 15) is 9.59 Å². The van der Waals surface area contributed by atoms with E-state index in [0.29, 0.717) is 23.6 Å². The lowest BCUT2D eigenvalue weighted by molar-refractivity contribution is -0.136. The van der Waals surface area contributed by atoms with E-state index >= 15 is 0 Å². The Balaban J connectivity index is 1.72. The van der Waals surface area contributed by atoms with Crippen molar-refractivity contribution in [3.05, 3.63) is 82.5 Å². The quantitative estimate of drug-likeness (QED) is 0.513. The maximum Gasteiger partial charge on any atom is 0.336 e. The van der Waals surface area contributed by atoms with Crippen LogP contribution in [0.1, 0.15) is 17.9 Å². The van der Waals surface area contributed by atoms with Gasteiger partial charge >= 0.3 is 5.97 Å². The molecule has 0 aliphatic carbocycles. The normalized spacial score (nSPS) is 18.8. The molecule has 0 saturated carbocycles. The fourth-order valence-corrected chi connectivity index (χ4v) is 3.99. The third-order valence-corrected chi connectivity index (χ3v) is 5.33. The molecule has 0 fully saturated rings.